The number of amides is 1. The maximum atomic E-state index is 12.7. The number of anilines is 1. The smallest absolute Gasteiger partial charge is 0.305 e. The van der Waals surface area contributed by atoms with Gasteiger partial charge in [-0.25, -0.2) is 4.39 Å². The van der Waals surface area contributed by atoms with E-state index in [9.17, 15) is 14.0 Å². The first-order chi connectivity index (χ1) is 8.04. The SMILES string of the molecule is CCC(=O)N(CCC(=O)O)c1ccc(F)cc1. The van der Waals surface area contributed by atoms with Gasteiger partial charge in [0.2, 0.25) is 5.91 Å². The van der Waals surface area contributed by atoms with E-state index < -0.39 is 11.8 Å². The monoisotopic (exact) mass is 239 g/mol. The molecule has 0 aliphatic heterocycles. The van der Waals surface area contributed by atoms with Crippen molar-refractivity contribution in [3.05, 3.63) is 30.1 Å². The van der Waals surface area contributed by atoms with Crippen molar-refractivity contribution >= 4 is 17.6 Å². The number of halogens is 1. The summed E-state index contributed by atoms with van der Waals surface area (Å²) in [6, 6.07) is 5.41. The molecule has 0 fully saturated rings. The number of hydrogen-bond donors (Lipinski definition) is 1. The zero-order valence-electron chi connectivity index (χ0n) is 9.52. The summed E-state index contributed by atoms with van der Waals surface area (Å²) in [5, 5.41) is 8.61. The summed E-state index contributed by atoms with van der Waals surface area (Å²) in [6.45, 7) is 1.78. The van der Waals surface area contributed by atoms with Crippen LogP contribution in [0.4, 0.5) is 10.1 Å². The minimum absolute atomic E-state index is 0.0909. The second-order valence-electron chi connectivity index (χ2n) is 3.52. The predicted molar refractivity (Wildman–Crippen MR) is 61.3 cm³/mol. The molecule has 1 aromatic rings. The Morgan fingerprint density at radius 2 is 1.88 bits per heavy atom. The summed E-state index contributed by atoms with van der Waals surface area (Å²) in [5.74, 6) is -1.55. The van der Waals surface area contributed by atoms with E-state index in [1.165, 1.54) is 29.2 Å². The molecule has 0 aliphatic rings. The van der Waals surface area contributed by atoms with Gasteiger partial charge < -0.3 is 10.0 Å². The van der Waals surface area contributed by atoms with E-state index in [4.69, 9.17) is 5.11 Å². The van der Waals surface area contributed by atoms with Gasteiger partial charge in [0.15, 0.2) is 0 Å². The second-order valence-corrected chi connectivity index (χ2v) is 3.52. The van der Waals surface area contributed by atoms with Crippen LogP contribution >= 0.6 is 0 Å². The fourth-order valence-corrected chi connectivity index (χ4v) is 1.42. The lowest BCUT2D eigenvalue weighted by Crippen LogP contribution is -2.32. The molecule has 17 heavy (non-hydrogen) atoms. The molecular formula is C12H14FNO3. The van der Waals surface area contributed by atoms with Crippen molar-refractivity contribution in [3.8, 4) is 0 Å². The van der Waals surface area contributed by atoms with Crippen LogP contribution < -0.4 is 4.90 Å². The summed E-state index contributed by atoms with van der Waals surface area (Å²) >= 11 is 0. The molecule has 0 saturated carbocycles. The fourth-order valence-electron chi connectivity index (χ4n) is 1.42. The third kappa shape index (κ3) is 3.86. The Balaban J connectivity index is 2.85. The number of carboxylic acid groups (broad SMARTS) is 1. The largest absolute Gasteiger partial charge is 0.481 e. The van der Waals surface area contributed by atoms with Crippen molar-refractivity contribution in [1.29, 1.82) is 0 Å². The zero-order valence-corrected chi connectivity index (χ0v) is 9.52. The van der Waals surface area contributed by atoms with Crippen molar-refractivity contribution < 1.29 is 19.1 Å². The highest BCUT2D eigenvalue weighted by atomic mass is 19.1. The van der Waals surface area contributed by atoms with Crippen molar-refractivity contribution in [2.45, 2.75) is 19.8 Å². The number of hydrogen-bond acceptors (Lipinski definition) is 2. The van der Waals surface area contributed by atoms with Gasteiger partial charge in [-0.1, -0.05) is 6.92 Å². The molecule has 0 saturated heterocycles. The molecule has 0 bridgehead atoms. The minimum atomic E-state index is -0.971. The second kappa shape index (κ2) is 5.98. The third-order valence-corrected chi connectivity index (χ3v) is 2.29. The van der Waals surface area contributed by atoms with E-state index in [1.54, 1.807) is 6.92 Å². The van der Waals surface area contributed by atoms with Gasteiger partial charge in [-0.15, -0.1) is 0 Å². The number of nitrogens with zero attached hydrogens (tertiary/aromatic N) is 1. The molecule has 1 amide bonds. The lowest BCUT2D eigenvalue weighted by Gasteiger charge is -2.21. The quantitative estimate of drug-likeness (QED) is 0.855. The number of carboxylic acids is 1. The number of carbonyl (C=O) groups is 2. The van der Waals surface area contributed by atoms with Gasteiger partial charge in [-0.3, -0.25) is 9.59 Å². The molecular weight excluding hydrogens is 225 g/mol. The molecule has 5 heteroatoms. The lowest BCUT2D eigenvalue weighted by atomic mass is 10.2. The van der Waals surface area contributed by atoms with Crippen molar-refractivity contribution in [3.63, 3.8) is 0 Å². The van der Waals surface area contributed by atoms with Gasteiger partial charge >= 0.3 is 5.97 Å². The molecule has 0 heterocycles. The van der Waals surface area contributed by atoms with Gasteiger partial charge in [0.25, 0.3) is 0 Å². The van der Waals surface area contributed by atoms with Crippen LogP contribution in [0.3, 0.4) is 0 Å². The topological polar surface area (TPSA) is 57.6 Å². The average molecular weight is 239 g/mol. The molecule has 0 unspecified atom stereocenters. The van der Waals surface area contributed by atoms with E-state index in [0.717, 1.165) is 0 Å². The molecule has 0 aliphatic carbocycles. The summed E-state index contributed by atoms with van der Waals surface area (Å²) in [6.07, 6.45) is 0.139. The van der Waals surface area contributed by atoms with Gasteiger partial charge in [0.05, 0.1) is 6.42 Å². The van der Waals surface area contributed by atoms with E-state index in [1.807, 2.05) is 0 Å². The van der Waals surface area contributed by atoms with E-state index in [2.05, 4.69) is 0 Å². The van der Waals surface area contributed by atoms with Gasteiger partial charge in [0, 0.05) is 18.7 Å². The number of benzene rings is 1. The van der Waals surface area contributed by atoms with Crippen molar-refractivity contribution in [2.75, 3.05) is 11.4 Å². The highest BCUT2D eigenvalue weighted by Crippen LogP contribution is 2.16. The fraction of sp³-hybridized carbons (Fsp3) is 0.333. The van der Waals surface area contributed by atoms with Crippen LogP contribution in [0.2, 0.25) is 0 Å². The Morgan fingerprint density at radius 3 is 2.35 bits per heavy atom. The number of aliphatic carboxylic acids is 1. The Bertz CT molecular complexity index is 403. The minimum Gasteiger partial charge on any atom is -0.481 e. The van der Waals surface area contributed by atoms with Crippen LogP contribution in [0.25, 0.3) is 0 Å². The lowest BCUT2D eigenvalue weighted by molar-refractivity contribution is -0.136. The van der Waals surface area contributed by atoms with Gasteiger partial charge in [-0.2, -0.15) is 0 Å². The molecule has 1 aromatic carbocycles. The van der Waals surface area contributed by atoms with Crippen molar-refractivity contribution in [1.82, 2.24) is 0 Å². The van der Waals surface area contributed by atoms with Crippen LogP contribution in [0, 0.1) is 5.82 Å². The van der Waals surface area contributed by atoms with E-state index in [0.29, 0.717) is 5.69 Å². The standard InChI is InChI=1S/C12H14FNO3/c1-2-11(15)14(8-7-12(16)17)10-5-3-9(13)4-6-10/h3-6H,2,7-8H2,1H3,(H,16,17). The molecule has 4 nitrogen and oxygen atoms in total. The highest BCUT2D eigenvalue weighted by molar-refractivity contribution is 5.93. The molecule has 92 valence electrons. The van der Waals surface area contributed by atoms with Crippen LogP contribution in [0.1, 0.15) is 19.8 Å². The first kappa shape index (κ1) is 13.2. The van der Waals surface area contributed by atoms with Crippen molar-refractivity contribution in [2.24, 2.45) is 0 Å². The summed E-state index contributed by atoms with van der Waals surface area (Å²) in [4.78, 5) is 23.5. The Kier molecular flexibility index (Phi) is 4.63. The van der Waals surface area contributed by atoms with Crippen LogP contribution in [0.5, 0.6) is 0 Å². The Hall–Kier alpha value is -1.91. The number of carbonyl (C=O) groups excluding carboxylic acids is 1. The average Bonchev–Trinajstić information content (AvgIpc) is 2.30. The van der Waals surface area contributed by atoms with Crippen LogP contribution in [-0.2, 0) is 9.59 Å². The molecule has 0 spiro atoms. The molecule has 1 N–H and O–H groups in total. The molecule has 0 aromatic heterocycles. The predicted octanol–water partition coefficient (Wildman–Crippen LogP) is 2.04. The summed E-state index contributed by atoms with van der Waals surface area (Å²) in [7, 11) is 0. The first-order valence-electron chi connectivity index (χ1n) is 5.32. The van der Waals surface area contributed by atoms with Crippen LogP contribution in [-0.4, -0.2) is 23.5 Å². The van der Waals surface area contributed by atoms with Gasteiger partial charge in [-0.05, 0) is 24.3 Å². The van der Waals surface area contributed by atoms with E-state index in [-0.39, 0.29) is 25.3 Å². The highest BCUT2D eigenvalue weighted by Gasteiger charge is 2.15. The maximum Gasteiger partial charge on any atom is 0.305 e. The Labute approximate surface area is 98.7 Å². The Morgan fingerprint density at radius 1 is 1.29 bits per heavy atom. The zero-order chi connectivity index (χ0) is 12.8. The maximum absolute atomic E-state index is 12.7. The number of rotatable bonds is 5. The summed E-state index contributed by atoms with van der Waals surface area (Å²) < 4.78 is 12.7. The summed E-state index contributed by atoms with van der Waals surface area (Å²) in [5.41, 5.74) is 0.513. The van der Waals surface area contributed by atoms with Gasteiger partial charge in [0.1, 0.15) is 5.82 Å². The van der Waals surface area contributed by atoms with Crippen LogP contribution in [0.15, 0.2) is 24.3 Å². The molecule has 0 atom stereocenters. The first-order valence-corrected chi connectivity index (χ1v) is 5.32. The molecule has 0 radical (unpaired) electrons. The third-order valence-electron chi connectivity index (χ3n) is 2.29. The molecule has 1 rings (SSSR count). The van der Waals surface area contributed by atoms with E-state index >= 15 is 0 Å². The normalized spacial score (nSPS) is 10.0.